The number of amides is 1. The summed E-state index contributed by atoms with van der Waals surface area (Å²) in [7, 11) is 3.08. The lowest BCUT2D eigenvalue weighted by molar-refractivity contribution is -0.117. The van der Waals surface area contributed by atoms with E-state index in [4.69, 9.17) is 19.3 Å². The molecule has 0 fully saturated rings. The molecule has 2 N–H and O–H groups in total. The van der Waals surface area contributed by atoms with Gasteiger partial charge in [0, 0.05) is 18.2 Å². The Morgan fingerprint density at radius 3 is 2.39 bits per heavy atom. The molecule has 1 amide bonds. The van der Waals surface area contributed by atoms with Crippen LogP contribution < -0.4 is 19.5 Å². The van der Waals surface area contributed by atoms with Crippen LogP contribution in [-0.2, 0) is 17.9 Å². The average Bonchev–Trinajstić information content (AvgIpc) is 2.89. The number of ether oxygens (including phenoxy) is 3. The highest BCUT2D eigenvalue weighted by atomic mass is 79.9. The van der Waals surface area contributed by atoms with E-state index < -0.39 is 11.9 Å². The summed E-state index contributed by atoms with van der Waals surface area (Å²) in [5, 5.41) is 21.2. The highest BCUT2D eigenvalue weighted by Gasteiger charge is 2.12. The number of nitrogens with zero attached hydrogens (tertiary/aromatic N) is 1. The number of carbonyl (C=O) groups excluding carboxylic acids is 1. The average molecular weight is 551 g/mol. The van der Waals surface area contributed by atoms with Gasteiger partial charge in [0.1, 0.15) is 35.5 Å². The first-order chi connectivity index (χ1) is 17.3. The Labute approximate surface area is 216 Å². The minimum atomic E-state index is -0.986. The van der Waals surface area contributed by atoms with Gasteiger partial charge < -0.3 is 24.6 Å². The maximum absolute atomic E-state index is 12.6. The van der Waals surface area contributed by atoms with Crippen LogP contribution in [0.1, 0.15) is 27.0 Å². The van der Waals surface area contributed by atoms with Crippen molar-refractivity contribution in [1.82, 2.24) is 5.32 Å². The first-order valence-corrected chi connectivity index (χ1v) is 11.5. The Hall–Kier alpha value is -4.29. The molecule has 3 aromatic carbocycles. The van der Waals surface area contributed by atoms with Gasteiger partial charge in [-0.25, -0.2) is 4.79 Å². The number of rotatable bonds is 10. The van der Waals surface area contributed by atoms with Crippen molar-refractivity contribution in [2.75, 3.05) is 14.2 Å². The molecule has 3 rings (SSSR count). The third kappa shape index (κ3) is 6.87. The van der Waals surface area contributed by atoms with Crippen LogP contribution in [0.2, 0.25) is 0 Å². The van der Waals surface area contributed by atoms with Gasteiger partial charge in [-0.05, 0) is 69.5 Å². The standard InChI is InChI=1S/C27H23BrN2O6/c1-34-22-9-8-20(25(13-22)35-2)15-30-26(31)21(14-29)11-18-5-10-24(23(28)12-18)36-16-17-3-6-19(7-4-17)27(32)33/h3-13H,15-16H2,1-2H3,(H,30,31)(H,32,33)/b21-11+. The number of halogens is 1. The molecule has 0 bridgehead atoms. The van der Waals surface area contributed by atoms with Crippen molar-refractivity contribution in [3.05, 3.63) is 93.0 Å². The Morgan fingerprint density at radius 2 is 1.78 bits per heavy atom. The number of nitrogens with one attached hydrogen (secondary N) is 1. The normalized spacial score (nSPS) is 10.8. The van der Waals surface area contributed by atoms with Crippen LogP contribution in [0.3, 0.4) is 0 Å². The zero-order chi connectivity index (χ0) is 26.1. The van der Waals surface area contributed by atoms with Crippen molar-refractivity contribution in [2.24, 2.45) is 0 Å². The quantitative estimate of drug-likeness (QED) is 0.270. The van der Waals surface area contributed by atoms with E-state index in [1.807, 2.05) is 6.07 Å². The van der Waals surface area contributed by atoms with Gasteiger partial charge in [0.15, 0.2) is 0 Å². The highest BCUT2D eigenvalue weighted by molar-refractivity contribution is 9.10. The molecule has 0 aliphatic carbocycles. The van der Waals surface area contributed by atoms with Crippen molar-refractivity contribution in [3.8, 4) is 23.3 Å². The van der Waals surface area contributed by atoms with E-state index in [1.54, 1.807) is 55.6 Å². The second-order valence-electron chi connectivity index (χ2n) is 7.51. The summed E-state index contributed by atoms with van der Waals surface area (Å²) in [5.74, 6) is 0.253. The predicted molar refractivity (Wildman–Crippen MR) is 137 cm³/mol. The van der Waals surface area contributed by atoms with Gasteiger partial charge in [-0.15, -0.1) is 0 Å². The van der Waals surface area contributed by atoms with Crippen molar-refractivity contribution in [3.63, 3.8) is 0 Å². The predicted octanol–water partition coefficient (Wildman–Crippen LogP) is 4.97. The monoisotopic (exact) mass is 550 g/mol. The number of hydrogen-bond acceptors (Lipinski definition) is 6. The fraction of sp³-hybridized carbons (Fsp3) is 0.148. The number of carboxylic acid groups (broad SMARTS) is 1. The number of aromatic carboxylic acids is 1. The molecule has 0 saturated heterocycles. The highest BCUT2D eigenvalue weighted by Crippen LogP contribution is 2.28. The molecule has 0 aliphatic heterocycles. The lowest BCUT2D eigenvalue weighted by Crippen LogP contribution is -2.24. The molecular weight excluding hydrogens is 528 g/mol. The maximum Gasteiger partial charge on any atom is 0.335 e. The van der Waals surface area contributed by atoms with Gasteiger partial charge in [-0.3, -0.25) is 4.79 Å². The summed E-state index contributed by atoms with van der Waals surface area (Å²) >= 11 is 3.45. The van der Waals surface area contributed by atoms with Gasteiger partial charge in [0.25, 0.3) is 5.91 Å². The zero-order valence-corrected chi connectivity index (χ0v) is 21.2. The molecule has 0 aliphatic rings. The van der Waals surface area contributed by atoms with E-state index in [9.17, 15) is 14.9 Å². The van der Waals surface area contributed by atoms with Crippen LogP contribution in [0.25, 0.3) is 6.08 Å². The smallest absolute Gasteiger partial charge is 0.335 e. The van der Waals surface area contributed by atoms with E-state index in [-0.39, 0.29) is 24.3 Å². The Morgan fingerprint density at radius 1 is 1.03 bits per heavy atom. The number of benzene rings is 3. The fourth-order valence-electron chi connectivity index (χ4n) is 3.21. The summed E-state index contributed by atoms with van der Waals surface area (Å²) in [5.41, 5.74) is 2.34. The van der Waals surface area contributed by atoms with Crippen molar-refractivity contribution in [2.45, 2.75) is 13.2 Å². The molecule has 184 valence electrons. The lowest BCUT2D eigenvalue weighted by Gasteiger charge is -2.11. The Kier molecular flexibility index (Phi) is 9.08. The summed E-state index contributed by atoms with van der Waals surface area (Å²) in [6.07, 6.45) is 1.49. The van der Waals surface area contributed by atoms with E-state index in [1.165, 1.54) is 25.3 Å². The molecule has 8 nitrogen and oxygen atoms in total. The number of carbonyl (C=O) groups is 2. The zero-order valence-electron chi connectivity index (χ0n) is 19.6. The van der Waals surface area contributed by atoms with E-state index >= 15 is 0 Å². The molecule has 36 heavy (non-hydrogen) atoms. The number of methoxy groups -OCH3 is 2. The molecule has 3 aromatic rings. The Balaban J connectivity index is 1.65. The van der Waals surface area contributed by atoms with Gasteiger partial charge in [-0.2, -0.15) is 5.26 Å². The molecule has 0 atom stereocenters. The van der Waals surface area contributed by atoms with Gasteiger partial charge in [0.05, 0.1) is 24.3 Å². The third-order valence-electron chi connectivity index (χ3n) is 5.16. The Bertz CT molecular complexity index is 1330. The topological polar surface area (TPSA) is 118 Å². The van der Waals surface area contributed by atoms with Crippen LogP contribution in [0.5, 0.6) is 17.2 Å². The molecule has 0 spiro atoms. The van der Waals surface area contributed by atoms with Crippen molar-refractivity contribution < 1.29 is 28.9 Å². The van der Waals surface area contributed by atoms with Crippen LogP contribution in [0, 0.1) is 11.3 Å². The first-order valence-electron chi connectivity index (χ1n) is 10.7. The molecule has 0 heterocycles. The fourth-order valence-corrected chi connectivity index (χ4v) is 3.72. The van der Waals surface area contributed by atoms with Gasteiger partial charge >= 0.3 is 5.97 Å². The minimum absolute atomic E-state index is 0.0541. The lowest BCUT2D eigenvalue weighted by atomic mass is 10.1. The summed E-state index contributed by atoms with van der Waals surface area (Å²) in [4.78, 5) is 23.6. The van der Waals surface area contributed by atoms with E-state index in [0.29, 0.717) is 27.3 Å². The second-order valence-corrected chi connectivity index (χ2v) is 8.37. The largest absolute Gasteiger partial charge is 0.497 e. The molecule has 0 saturated carbocycles. The summed E-state index contributed by atoms with van der Waals surface area (Å²) < 4.78 is 17.0. The molecule has 9 heteroatoms. The summed E-state index contributed by atoms with van der Waals surface area (Å²) in [6.45, 7) is 0.420. The number of carboxylic acids is 1. The number of hydrogen-bond donors (Lipinski definition) is 2. The second kappa shape index (κ2) is 12.4. The maximum atomic E-state index is 12.6. The van der Waals surface area contributed by atoms with Crippen molar-refractivity contribution >= 4 is 33.9 Å². The SMILES string of the molecule is COc1ccc(CNC(=O)/C(C#N)=C/c2ccc(OCc3ccc(C(=O)O)cc3)c(Br)c2)c(OC)c1. The third-order valence-corrected chi connectivity index (χ3v) is 5.78. The van der Waals surface area contributed by atoms with Crippen LogP contribution in [-0.4, -0.2) is 31.2 Å². The van der Waals surface area contributed by atoms with Crippen LogP contribution in [0.4, 0.5) is 0 Å². The minimum Gasteiger partial charge on any atom is -0.497 e. The van der Waals surface area contributed by atoms with Gasteiger partial charge in [0.2, 0.25) is 0 Å². The van der Waals surface area contributed by atoms with Crippen molar-refractivity contribution in [1.29, 1.82) is 5.26 Å². The first kappa shape index (κ1) is 26.3. The van der Waals surface area contributed by atoms with Crippen LogP contribution in [0.15, 0.2) is 70.7 Å². The van der Waals surface area contributed by atoms with Crippen LogP contribution >= 0.6 is 15.9 Å². The molecule has 0 radical (unpaired) electrons. The summed E-state index contributed by atoms with van der Waals surface area (Å²) in [6, 6.07) is 18.8. The van der Waals surface area contributed by atoms with Gasteiger partial charge in [-0.1, -0.05) is 18.2 Å². The van der Waals surface area contributed by atoms with E-state index in [0.717, 1.165) is 11.1 Å². The molecule has 0 aromatic heterocycles. The number of nitriles is 1. The molecular formula is C27H23BrN2O6. The van der Waals surface area contributed by atoms with E-state index in [2.05, 4.69) is 21.2 Å². The molecule has 0 unspecified atom stereocenters.